The SMILES string of the molecule is Cc1cc(Br)c(NS(=O)(=O)C(F)F)cc1N. The molecular weight excluding hydrogens is 306 g/mol. The second kappa shape index (κ2) is 4.54. The molecule has 90 valence electrons. The number of rotatable bonds is 3. The summed E-state index contributed by atoms with van der Waals surface area (Å²) in [5.41, 5.74) is 6.56. The van der Waals surface area contributed by atoms with E-state index in [1.807, 2.05) is 0 Å². The first kappa shape index (κ1) is 13.2. The van der Waals surface area contributed by atoms with E-state index in [1.165, 1.54) is 6.07 Å². The number of halogens is 3. The Morgan fingerprint density at radius 1 is 1.44 bits per heavy atom. The molecule has 0 spiro atoms. The number of nitrogen functional groups attached to an aromatic ring is 1. The standard InChI is InChI=1S/C8H9BrF2N2O2S/c1-4-2-5(9)7(3-6(4)12)13-16(14,15)8(10)11/h2-3,8,13H,12H2,1H3. The molecule has 0 aromatic heterocycles. The van der Waals surface area contributed by atoms with Crippen LogP contribution in [0.15, 0.2) is 16.6 Å². The molecule has 0 atom stereocenters. The minimum atomic E-state index is -4.67. The Morgan fingerprint density at radius 3 is 2.50 bits per heavy atom. The summed E-state index contributed by atoms with van der Waals surface area (Å²) in [5, 5.41) is 0. The average molecular weight is 315 g/mol. The highest BCUT2D eigenvalue weighted by Crippen LogP contribution is 2.29. The van der Waals surface area contributed by atoms with Crippen molar-refractivity contribution in [3.8, 4) is 0 Å². The number of anilines is 2. The molecule has 0 amide bonds. The van der Waals surface area contributed by atoms with Crippen LogP contribution in [0.4, 0.5) is 20.2 Å². The zero-order valence-corrected chi connectivity index (χ0v) is 10.6. The number of nitrogens with one attached hydrogen (secondary N) is 1. The van der Waals surface area contributed by atoms with E-state index in [0.717, 1.165) is 0 Å². The van der Waals surface area contributed by atoms with Crippen LogP contribution in [0.3, 0.4) is 0 Å². The lowest BCUT2D eigenvalue weighted by Gasteiger charge is -2.11. The third-order valence-electron chi connectivity index (χ3n) is 1.84. The van der Waals surface area contributed by atoms with Gasteiger partial charge >= 0.3 is 5.76 Å². The van der Waals surface area contributed by atoms with E-state index < -0.39 is 15.8 Å². The Bertz CT molecular complexity index is 505. The summed E-state index contributed by atoms with van der Waals surface area (Å²) >= 11 is 3.06. The Hall–Kier alpha value is -0.890. The molecule has 0 saturated carbocycles. The number of benzene rings is 1. The first-order chi connectivity index (χ1) is 7.24. The highest BCUT2D eigenvalue weighted by molar-refractivity contribution is 9.10. The van der Waals surface area contributed by atoms with Crippen LogP contribution < -0.4 is 10.5 Å². The fraction of sp³-hybridized carbons (Fsp3) is 0.250. The topological polar surface area (TPSA) is 72.2 Å². The molecule has 1 rings (SSSR count). The first-order valence-corrected chi connectivity index (χ1v) is 6.43. The summed E-state index contributed by atoms with van der Waals surface area (Å²) in [7, 11) is -4.67. The highest BCUT2D eigenvalue weighted by Gasteiger charge is 2.24. The van der Waals surface area contributed by atoms with Crippen molar-refractivity contribution in [2.75, 3.05) is 10.5 Å². The van der Waals surface area contributed by atoms with E-state index in [9.17, 15) is 17.2 Å². The fourth-order valence-corrected chi connectivity index (χ4v) is 2.22. The van der Waals surface area contributed by atoms with Crippen LogP contribution in [0.1, 0.15) is 5.56 Å². The van der Waals surface area contributed by atoms with Gasteiger partial charge in [-0.05, 0) is 40.5 Å². The summed E-state index contributed by atoms with van der Waals surface area (Å²) in [6, 6.07) is 2.82. The van der Waals surface area contributed by atoms with Crippen LogP contribution in [0, 0.1) is 6.92 Å². The third-order valence-corrected chi connectivity index (χ3v) is 3.47. The third kappa shape index (κ3) is 2.82. The average Bonchev–Trinajstić information content (AvgIpc) is 2.13. The van der Waals surface area contributed by atoms with Gasteiger partial charge in [0.05, 0.1) is 5.69 Å². The Kier molecular flexibility index (Phi) is 3.74. The normalized spacial score (nSPS) is 11.8. The maximum Gasteiger partial charge on any atom is 0.355 e. The summed E-state index contributed by atoms with van der Waals surface area (Å²) in [4.78, 5) is 0. The van der Waals surface area contributed by atoms with Gasteiger partial charge in [0.2, 0.25) is 0 Å². The van der Waals surface area contributed by atoms with Gasteiger partial charge in [-0.3, -0.25) is 4.72 Å². The molecule has 0 fully saturated rings. The van der Waals surface area contributed by atoms with Gasteiger partial charge in [0.1, 0.15) is 0 Å². The van der Waals surface area contributed by atoms with Crippen molar-refractivity contribution in [3.05, 3.63) is 22.2 Å². The molecule has 0 unspecified atom stereocenters. The molecule has 0 aliphatic rings. The number of hydrogen-bond acceptors (Lipinski definition) is 3. The molecule has 0 bridgehead atoms. The molecule has 0 aliphatic heterocycles. The van der Waals surface area contributed by atoms with Crippen LogP contribution in [0.5, 0.6) is 0 Å². The van der Waals surface area contributed by atoms with Crippen LogP contribution in [0.25, 0.3) is 0 Å². The Balaban J connectivity index is 3.13. The number of alkyl halides is 2. The summed E-state index contributed by atoms with van der Waals surface area (Å²) in [6.07, 6.45) is 0. The minimum Gasteiger partial charge on any atom is -0.398 e. The number of sulfonamides is 1. The maximum atomic E-state index is 12.1. The van der Waals surface area contributed by atoms with Crippen LogP contribution >= 0.6 is 15.9 Å². The van der Waals surface area contributed by atoms with Gasteiger partial charge in [0, 0.05) is 10.2 Å². The van der Waals surface area contributed by atoms with Gasteiger partial charge in [-0.1, -0.05) is 0 Å². The molecule has 0 aliphatic carbocycles. The Morgan fingerprint density at radius 2 is 2.00 bits per heavy atom. The second-order valence-corrected chi connectivity index (χ2v) is 5.60. The van der Waals surface area contributed by atoms with Crippen molar-refractivity contribution in [3.63, 3.8) is 0 Å². The van der Waals surface area contributed by atoms with E-state index in [4.69, 9.17) is 5.73 Å². The smallest absolute Gasteiger partial charge is 0.355 e. The molecule has 0 saturated heterocycles. The zero-order chi connectivity index (χ0) is 12.5. The van der Waals surface area contributed by atoms with Crippen molar-refractivity contribution in [2.24, 2.45) is 0 Å². The van der Waals surface area contributed by atoms with Crippen molar-refractivity contribution >= 4 is 37.3 Å². The van der Waals surface area contributed by atoms with Crippen LogP contribution in [-0.2, 0) is 10.0 Å². The molecule has 1 aromatic carbocycles. The lowest BCUT2D eigenvalue weighted by molar-refractivity contribution is 0.236. The van der Waals surface area contributed by atoms with Crippen molar-refractivity contribution in [2.45, 2.75) is 12.7 Å². The molecule has 1 aromatic rings. The van der Waals surface area contributed by atoms with Gasteiger partial charge < -0.3 is 5.73 Å². The lowest BCUT2D eigenvalue weighted by atomic mass is 10.2. The van der Waals surface area contributed by atoms with Crippen LogP contribution in [0.2, 0.25) is 0 Å². The summed E-state index contributed by atoms with van der Waals surface area (Å²) < 4.78 is 48.2. The van der Waals surface area contributed by atoms with E-state index in [0.29, 0.717) is 15.7 Å². The molecule has 4 nitrogen and oxygen atoms in total. The van der Waals surface area contributed by atoms with E-state index in [-0.39, 0.29) is 5.69 Å². The minimum absolute atomic E-state index is 0.0107. The van der Waals surface area contributed by atoms with E-state index in [1.54, 1.807) is 17.7 Å². The predicted octanol–water partition coefficient (Wildman–Crippen LogP) is 2.30. The van der Waals surface area contributed by atoms with E-state index in [2.05, 4.69) is 15.9 Å². The molecule has 8 heteroatoms. The quantitative estimate of drug-likeness (QED) is 0.841. The van der Waals surface area contributed by atoms with Gasteiger partial charge in [-0.2, -0.15) is 8.78 Å². The molecule has 0 heterocycles. The maximum absolute atomic E-state index is 12.1. The predicted molar refractivity (Wildman–Crippen MR) is 61.8 cm³/mol. The first-order valence-electron chi connectivity index (χ1n) is 4.09. The van der Waals surface area contributed by atoms with Crippen molar-refractivity contribution < 1.29 is 17.2 Å². The number of aryl methyl sites for hydroxylation is 1. The largest absolute Gasteiger partial charge is 0.398 e. The van der Waals surface area contributed by atoms with Crippen molar-refractivity contribution in [1.29, 1.82) is 0 Å². The molecule has 3 N–H and O–H groups in total. The van der Waals surface area contributed by atoms with Crippen LogP contribution in [-0.4, -0.2) is 14.2 Å². The van der Waals surface area contributed by atoms with Gasteiger partial charge in [-0.25, -0.2) is 8.42 Å². The van der Waals surface area contributed by atoms with Gasteiger partial charge in [-0.15, -0.1) is 0 Å². The molecular formula is C8H9BrF2N2O2S. The fourth-order valence-electron chi connectivity index (χ4n) is 0.965. The van der Waals surface area contributed by atoms with Gasteiger partial charge in [0.15, 0.2) is 0 Å². The monoisotopic (exact) mass is 314 g/mol. The Labute approximate surface area is 100 Å². The molecule has 16 heavy (non-hydrogen) atoms. The number of nitrogens with two attached hydrogens (primary N) is 1. The summed E-state index contributed by atoms with van der Waals surface area (Å²) in [6.45, 7) is 1.71. The van der Waals surface area contributed by atoms with Gasteiger partial charge in [0.25, 0.3) is 10.0 Å². The lowest BCUT2D eigenvalue weighted by Crippen LogP contribution is -2.20. The van der Waals surface area contributed by atoms with E-state index >= 15 is 0 Å². The molecule has 0 radical (unpaired) electrons. The zero-order valence-electron chi connectivity index (χ0n) is 8.17. The number of hydrogen-bond donors (Lipinski definition) is 2. The highest BCUT2D eigenvalue weighted by atomic mass is 79.9. The van der Waals surface area contributed by atoms with Crippen molar-refractivity contribution in [1.82, 2.24) is 0 Å². The summed E-state index contributed by atoms with van der Waals surface area (Å²) in [5.74, 6) is -3.48. The second-order valence-electron chi connectivity index (χ2n) is 3.10.